The second kappa shape index (κ2) is 14.3. The summed E-state index contributed by atoms with van der Waals surface area (Å²) >= 11 is -2.85. The monoisotopic (exact) mass is 804 g/mol. The molecule has 46 heavy (non-hydrogen) atoms. The van der Waals surface area contributed by atoms with Crippen molar-refractivity contribution >= 4 is 33.1 Å². The van der Waals surface area contributed by atoms with Crippen molar-refractivity contribution in [1.82, 2.24) is 0 Å². The fraction of sp³-hybridized carbons (Fsp3) is 0.326. The zero-order chi connectivity index (χ0) is 32.3. The standard InChI is InChI=1S/C25H38Si2.C13H9.C5H5.Hf/c1-7-26(8-2,9-3)24-17-13-22(14-18-24)21-23-15-19-25(20-16-23)27(10-4,11-5)12-6;1-3-7-12-10(5-1)9-11-6-2-4-8-13(11)12;1-2-4-5-3-1;/h13-20H,7-12H2,1-6H3;1-5,7-8H,9H2;1-5H;. The maximum absolute atomic E-state index is 2.85. The molecule has 0 aliphatic heterocycles. The molecule has 0 saturated carbocycles. The van der Waals surface area contributed by atoms with Crippen molar-refractivity contribution in [2.75, 3.05) is 0 Å². The first kappa shape index (κ1) is 33.4. The van der Waals surface area contributed by atoms with Crippen molar-refractivity contribution in [3.8, 4) is 11.1 Å². The van der Waals surface area contributed by atoms with E-state index in [9.17, 15) is 0 Å². The molecule has 0 nitrogen and oxygen atoms in total. The van der Waals surface area contributed by atoms with Gasteiger partial charge in [0.05, 0.1) is 0 Å². The fourth-order valence-corrected chi connectivity index (χ4v) is 27.9. The van der Waals surface area contributed by atoms with Crippen LogP contribution in [0.5, 0.6) is 0 Å². The van der Waals surface area contributed by atoms with Gasteiger partial charge in [-0.3, -0.25) is 0 Å². The summed E-state index contributed by atoms with van der Waals surface area (Å²) in [6, 6.07) is 44.7. The second-order valence-corrected chi connectivity index (χ2v) is 33.2. The Hall–Kier alpha value is -2.47. The van der Waals surface area contributed by atoms with E-state index in [1.165, 1.54) is 64.1 Å². The van der Waals surface area contributed by atoms with Crippen LogP contribution in [0, 0.1) is 0 Å². The quantitative estimate of drug-likeness (QED) is 0.110. The van der Waals surface area contributed by atoms with E-state index in [-0.39, 0.29) is 0 Å². The van der Waals surface area contributed by atoms with Crippen LogP contribution in [0.2, 0.25) is 39.9 Å². The summed E-state index contributed by atoms with van der Waals surface area (Å²) < 4.78 is 3.91. The molecular weight excluding hydrogens is 751 g/mol. The summed E-state index contributed by atoms with van der Waals surface area (Å²) in [5.41, 5.74) is 8.95. The molecule has 236 valence electrons. The van der Waals surface area contributed by atoms with Gasteiger partial charge >= 0.3 is 291 Å². The molecule has 0 heterocycles. The second-order valence-electron chi connectivity index (χ2n) is 13.6. The minimum atomic E-state index is -2.85. The van der Waals surface area contributed by atoms with E-state index in [4.69, 9.17) is 0 Å². The van der Waals surface area contributed by atoms with Gasteiger partial charge in [-0.05, 0) is 0 Å². The summed E-state index contributed by atoms with van der Waals surface area (Å²) in [7, 11) is -2.90. The molecule has 0 atom stereocenters. The molecule has 0 radical (unpaired) electrons. The molecule has 0 N–H and O–H groups in total. The first-order valence-electron chi connectivity index (χ1n) is 18.0. The summed E-state index contributed by atoms with van der Waals surface area (Å²) in [5, 5.41) is 3.29. The summed E-state index contributed by atoms with van der Waals surface area (Å²) in [6.45, 7) is 14.6. The molecule has 0 fully saturated rings. The number of fused-ring (bicyclic) bond motifs is 3. The van der Waals surface area contributed by atoms with E-state index in [2.05, 4.69) is 157 Å². The Morgan fingerprint density at radius 3 is 1.54 bits per heavy atom. The van der Waals surface area contributed by atoms with Crippen LogP contribution in [0.4, 0.5) is 0 Å². The molecule has 0 saturated heterocycles. The predicted molar refractivity (Wildman–Crippen MR) is 206 cm³/mol. The average Bonchev–Trinajstić information content (AvgIpc) is 3.79. The Labute approximate surface area is 288 Å². The summed E-state index contributed by atoms with van der Waals surface area (Å²) in [5.74, 6) is 0. The molecule has 0 amide bonds. The summed E-state index contributed by atoms with van der Waals surface area (Å²) in [6.07, 6.45) is 10.7. The van der Waals surface area contributed by atoms with Crippen LogP contribution in [0.1, 0.15) is 63.8 Å². The number of allylic oxidation sites excluding steroid dienone is 4. The molecule has 4 aromatic carbocycles. The Morgan fingerprint density at radius 2 is 1.04 bits per heavy atom. The molecule has 4 aromatic rings. The van der Waals surface area contributed by atoms with E-state index in [0.29, 0.717) is 3.67 Å². The van der Waals surface area contributed by atoms with Crippen molar-refractivity contribution < 1.29 is 21.0 Å². The van der Waals surface area contributed by atoms with Gasteiger partial charge in [0, 0.05) is 0 Å². The van der Waals surface area contributed by atoms with Crippen molar-refractivity contribution in [1.29, 1.82) is 0 Å². The number of hydrogen-bond acceptors (Lipinski definition) is 0. The third-order valence-corrected chi connectivity index (χ3v) is 34.9. The summed E-state index contributed by atoms with van der Waals surface area (Å²) in [4.78, 5) is 0. The van der Waals surface area contributed by atoms with Crippen molar-refractivity contribution in [2.24, 2.45) is 0 Å². The Bertz CT molecular complexity index is 1670. The van der Waals surface area contributed by atoms with Crippen molar-refractivity contribution in [3.63, 3.8) is 0 Å². The molecule has 3 heteroatoms. The van der Waals surface area contributed by atoms with E-state index >= 15 is 0 Å². The van der Waals surface area contributed by atoms with Crippen LogP contribution in [0.25, 0.3) is 11.1 Å². The number of hydrogen-bond donors (Lipinski definition) is 0. The molecule has 0 bridgehead atoms. The van der Waals surface area contributed by atoms with Crippen molar-refractivity contribution in [2.45, 2.75) is 87.9 Å². The van der Waals surface area contributed by atoms with Crippen LogP contribution < -0.4 is 13.7 Å². The van der Waals surface area contributed by atoms with Gasteiger partial charge in [-0.15, -0.1) is 0 Å². The van der Waals surface area contributed by atoms with E-state index in [1.807, 2.05) is 0 Å². The van der Waals surface area contributed by atoms with Gasteiger partial charge < -0.3 is 0 Å². The van der Waals surface area contributed by atoms with E-state index < -0.39 is 37.1 Å². The van der Waals surface area contributed by atoms with Gasteiger partial charge in [-0.2, -0.15) is 0 Å². The van der Waals surface area contributed by atoms with Gasteiger partial charge in [0.2, 0.25) is 0 Å². The van der Waals surface area contributed by atoms with Gasteiger partial charge in [-0.25, -0.2) is 0 Å². The van der Waals surface area contributed by atoms with Crippen LogP contribution in [0.3, 0.4) is 0 Å². The molecule has 0 aromatic heterocycles. The first-order valence-corrected chi connectivity index (χ1v) is 28.9. The fourth-order valence-electron chi connectivity index (χ4n) is 8.70. The third kappa shape index (κ3) is 5.90. The molecule has 2 aliphatic carbocycles. The van der Waals surface area contributed by atoms with Crippen LogP contribution in [-0.2, 0) is 27.4 Å². The number of rotatable bonds is 12. The molecule has 0 spiro atoms. The van der Waals surface area contributed by atoms with Crippen LogP contribution >= 0.6 is 0 Å². The molecular formula is C43H52HfSi2. The van der Waals surface area contributed by atoms with Crippen LogP contribution in [-0.4, -0.2) is 19.4 Å². The SMILES string of the molecule is CC[Si](CC)(CC)c1ccc([C](c2ccc([Si](CC)(CC)CC)cc2)=[Hf]([c]2cccc3c2Cc2ccccc2-3)[CH]2C=CC=C2)cc1. The van der Waals surface area contributed by atoms with Crippen molar-refractivity contribution in [3.05, 3.63) is 138 Å². The predicted octanol–water partition coefficient (Wildman–Crippen LogP) is 10.1. The normalized spacial score (nSPS) is 14.0. The Morgan fingerprint density at radius 1 is 0.565 bits per heavy atom. The zero-order valence-electron chi connectivity index (χ0n) is 29.0. The Kier molecular flexibility index (Phi) is 10.4. The van der Waals surface area contributed by atoms with E-state index in [0.717, 1.165) is 6.42 Å². The van der Waals surface area contributed by atoms with Crippen LogP contribution in [0.15, 0.2) is 115 Å². The Balaban J connectivity index is 1.61. The minimum absolute atomic E-state index is 0.528. The van der Waals surface area contributed by atoms with Gasteiger partial charge in [0.15, 0.2) is 0 Å². The zero-order valence-corrected chi connectivity index (χ0v) is 34.6. The topological polar surface area (TPSA) is 0 Å². The third-order valence-electron chi connectivity index (χ3n) is 12.1. The van der Waals surface area contributed by atoms with Gasteiger partial charge in [-0.1, -0.05) is 0 Å². The molecule has 6 rings (SSSR count). The maximum atomic E-state index is 2.55. The molecule has 2 aliphatic rings. The van der Waals surface area contributed by atoms with Gasteiger partial charge in [0.25, 0.3) is 0 Å². The first-order chi connectivity index (χ1) is 22.5. The average molecular weight is 804 g/mol. The van der Waals surface area contributed by atoms with Gasteiger partial charge in [0.1, 0.15) is 0 Å². The number of benzene rings is 4. The van der Waals surface area contributed by atoms with E-state index in [1.54, 1.807) is 22.5 Å². The molecule has 0 unspecified atom stereocenters.